The molecule has 1 aromatic rings. The molecule has 1 aromatic carbocycles. The largest absolute Gasteiger partial charge is 0.303 e. The third kappa shape index (κ3) is 3.97. The average Bonchev–Trinajstić information content (AvgIpc) is 2.39. The Labute approximate surface area is 104 Å². The molecule has 0 aliphatic carbocycles. The molecule has 2 rings (SSSR count). The summed E-state index contributed by atoms with van der Waals surface area (Å²) < 4.78 is 0. The molecule has 1 aliphatic heterocycles. The molecular weight excluding hydrogens is 210 g/mol. The first kappa shape index (κ1) is 12.3. The van der Waals surface area contributed by atoms with Crippen molar-refractivity contribution in [2.75, 3.05) is 13.1 Å². The first-order valence-corrected chi connectivity index (χ1v) is 6.58. The number of carbonyl (C=O) groups is 1. The highest BCUT2D eigenvalue weighted by Crippen LogP contribution is 2.22. The highest BCUT2D eigenvalue weighted by atomic mass is 16.1. The first-order chi connectivity index (χ1) is 8.38. The van der Waals surface area contributed by atoms with Crippen LogP contribution in [-0.4, -0.2) is 24.3 Å². The van der Waals surface area contributed by atoms with Crippen LogP contribution in [0.4, 0.5) is 0 Å². The van der Waals surface area contributed by atoms with Gasteiger partial charge in [-0.15, -0.1) is 0 Å². The van der Waals surface area contributed by atoms with E-state index < -0.39 is 0 Å². The van der Waals surface area contributed by atoms with Crippen LogP contribution in [0, 0.1) is 5.92 Å². The molecule has 17 heavy (non-hydrogen) atoms. The second-order valence-corrected chi connectivity index (χ2v) is 4.95. The summed E-state index contributed by atoms with van der Waals surface area (Å²) in [5, 5.41) is 0. The number of carbonyl (C=O) groups excluding carboxylic acids is 1. The Balaban J connectivity index is 1.74. The van der Waals surface area contributed by atoms with E-state index in [1.54, 1.807) is 0 Å². The van der Waals surface area contributed by atoms with Crippen LogP contribution < -0.4 is 0 Å². The van der Waals surface area contributed by atoms with Crippen molar-refractivity contribution in [2.24, 2.45) is 5.92 Å². The van der Waals surface area contributed by atoms with E-state index in [2.05, 4.69) is 35.2 Å². The third-order valence-corrected chi connectivity index (χ3v) is 3.65. The minimum absolute atomic E-state index is 0.739. The predicted molar refractivity (Wildman–Crippen MR) is 69.7 cm³/mol. The fourth-order valence-electron chi connectivity index (χ4n) is 2.58. The van der Waals surface area contributed by atoms with Crippen LogP contribution in [-0.2, 0) is 11.3 Å². The molecule has 0 N–H and O–H groups in total. The Kier molecular flexibility index (Phi) is 4.75. The van der Waals surface area contributed by atoms with Crippen molar-refractivity contribution in [2.45, 2.75) is 32.2 Å². The minimum atomic E-state index is 0.739. The van der Waals surface area contributed by atoms with Crippen LogP contribution in [0.5, 0.6) is 0 Å². The maximum atomic E-state index is 10.3. The van der Waals surface area contributed by atoms with Gasteiger partial charge in [-0.1, -0.05) is 30.3 Å². The number of piperidine rings is 1. The summed E-state index contributed by atoms with van der Waals surface area (Å²) in [4.78, 5) is 12.9. The van der Waals surface area contributed by atoms with Gasteiger partial charge in [-0.25, -0.2) is 0 Å². The second-order valence-electron chi connectivity index (χ2n) is 4.95. The SMILES string of the molecule is O=CCCC1CCN(Cc2ccccc2)CC1. The molecule has 2 heteroatoms. The zero-order chi connectivity index (χ0) is 11.9. The lowest BCUT2D eigenvalue weighted by Gasteiger charge is -2.31. The lowest BCUT2D eigenvalue weighted by atomic mass is 9.92. The number of likely N-dealkylation sites (tertiary alicyclic amines) is 1. The van der Waals surface area contributed by atoms with Crippen molar-refractivity contribution >= 4 is 6.29 Å². The molecule has 0 saturated carbocycles. The van der Waals surface area contributed by atoms with Gasteiger partial charge in [0.25, 0.3) is 0 Å². The highest BCUT2D eigenvalue weighted by molar-refractivity contribution is 5.49. The van der Waals surface area contributed by atoms with Crippen LogP contribution >= 0.6 is 0 Å². The van der Waals surface area contributed by atoms with E-state index in [0.717, 1.165) is 31.6 Å². The lowest BCUT2D eigenvalue weighted by Crippen LogP contribution is -2.33. The van der Waals surface area contributed by atoms with Crippen molar-refractivity contribution in [1.82, 2.24) is 4.90 Å². The predicted octanol–water partition coefficient (Wildman–Crippen LogP) is 2.88. The van der Waals surface area contributed by atoms with Crippen molar-refractivity contribution in [1.29, 1.82) is 0 Å². The lowest BCUT2D eigenvalue weighted by molar-refractivity contribution is -0.108. The Hall–Kier alpha value is -1.15. The first-order valence-electron chi connectivity index (χ1n) is 6.58. The van der Waals surface area contributed by atoms with Crippen molar-refractivity contribution in [3.8, 4) is 0 Å². The summed E-state index contributed by atoms with van der Waals surface area (Å²) in [5.74, 6) is 0.771. The Morgan fingerprint density at radius 2 is 1.88 bits per heavy atom. The third-order valence-electron chi connectivity index (χ3n) is 3.65. The number of aldehydes is 1. The van der Waals surface area contributed by atoms with E-state index in [9.17, 15) is 4.79 Å². The van der Waals surface area contributed by atoms with Gasteiger partial charge < -0.3 is 4.79 Å². The maximum Gasteiger partial charge on any atom is 0.120 e. The zero-order valence-corrected chi connectivity index (χ0v) is 10.3. The quantitative estimate of drug-likeness (QED) is 0.726. The topological polar surface area (TPSA) is 20.3 Å². The fraction of sp³-hybridized carbons (Fsp3) is 0.533. The molecule has 0 atom stereocenters. The van der Waals surface area contributed by atoms with Crippen molar-refractivity contribution < 1.29 is 4.79 Å². The normalized spacial score (nSPS) is 18.1. The molecular formula is C15H21NO. The van der Waals surface area contributed by atoms with Gasteiger partial charge in [0.2, 0.25) is 0 Å². The zero-order valence-electron chi connectivity index (χ0n) is 10.3. The van der Waals surface area contributed by atoms with Crippen LogP contribution in [0.3, 0.4) is 0 Å². The summed E-state index contributed by atoms with van der Waals surface area (Å²) in [7, 11) is 0. The number of rotatable bonds is 5. The molecule has 0 amide bonds. The van der Waals surface area contributed by atoms with E-state index in [1.807, 2.05) is 0 Å². The Bertz CT molecular complexity index is 328. The van der Waals surface area contributed by atoms with E-state index >= 15 is 0 Å². The molecule has 0 aromatic heterocycles. The smallest absolute Gasteiger partial charge is 0.120 e. The molecule has 1 aliphatic rings. The Morgan fingerprint density at radius 3 is 2.53 bits per heavy atom. The van der Waals surface area contributed by atoms with E-state index in [0.29, 0.717) is 0 Å². The van der Waals surface area contributed by atoms with Gasteiger partial charge in [0.1, 0.15) is 6.29 Å². The molecule has 0 bridgehead atoms. The van der Waals surface area contributed by atoms with Gasteiger partial charge in [-0.2, -0.15) is 0 Å². The molecule has 1 heterocycles. The highest BCUT2D eigenvalue weighted by Gasteiger charge is 2.18. The fourth-order valence-corrected chi connectivity index (χ4v) is 2.58. The monoisotopic (exact) mass is 231 g/mol. The van der Waals surface area contributed by atoms with Gasteiger partial charge in [-0.3, -0.25) is 4.90 Å². The summed E-state index contributed by atoms with van der Waals surface area (Å²) >= 11 is 0. The van der Waals surface area contributed by atoms with E-state index in [-0.39, 0.29) is 0 Å². The molecule has 0 unspecified atom stereocenters. The number of benzene rings is 1. The molecule has 1 fully saturated rings. The molecule has 0 radical (unpaired) electrons. The summed E-state index contributed by atoms with van der Waals surface area (Å²) in [6, 6.07) is 10.7. The van der Waals surface area contributed by atoms with E-state index in [1.165, 1.54) is 31.5 Å². The van der Waals surface area contributed by atoms with Gasteiger partial charge in [-0.05, 0) is 43.8 Å². The van der Waals surface area contributed by atoms with Crippen molar-refractivity contribution in [3.05, 3.63) is 35.9 Å². The number of hydrogen-bond acceptors (Lipinski definition) is 2. The van der Waals surface area contributed by atoms with Crippen molar-refractivity contribution in [3.63, 3.8) is 0 Å². The van der Waals surface area contributed by atoms with Gasteiger partial charge >= 0.3 is 0 Å². The van der Waals surface area contributed by atoms with Crippen LogP contribution in [0.2, 0.25) is 0 Å². The van der Waals surface area contributed by atoms with Crippen LogP contribution in [0.15, 0.2) is 30.3 Å². The molecule has 92 valence electrons. The molecule has 0 spiro atoms. The van der Waals surface area contributed by atoms with Gasteiger partial charge in [0.15, 0.2) is 0 Å². The van der Waals surface area contributed by atoms with Gasteiger partial charge in [0, 0.05) is 13.0 Å². The summed E-state index contributed by atoms with van der Waals surface area (Å²) in [6.07, 6.45) is 5.38. The van der Waals surface area contributed by atoms with Crippen LogP contribution in [0.1, 0.15) is 31.2 Å². The molecule has 2 nitrogen and oxygen atoms in total. The number of nitrogens with zero attached hydrogens (tertiary/aromatic N) is 1. The average molecular weight is 231 g/mol. The second kappa shape index (κ2) is 6.55. The van der Waals surface area contributed by atoms with Gasteiger partial charge in [0.05, 0.1) is 0 Å². The maximum absolute atomic E-state index is 10.3. The minimum Gasteiger partial charge on any atom is -0.303 e. The summed E-state index contributed by atoms with van der Waals surface area (Å²) in [6.45, 7) is 3.43. The van der Waals surface area contributed by atoms with E-state index in [4.69, 9.17) is 0 Å². The van der Waals surface area contributed by atoms with Crippen LogP contribution in [0.25, 0.3) is 0 Å². The summed E-state index contributed by atoms with van der Waals surface area (Å²) in [5.41, 5.74) is 1.40. The Morgan fingerprint density at radius 1 is 1.18 bits per heavy atom. The standard InChI is InChI=1S/C15H21NO/c17-12-4-7-14-8-10-16(11-9-14)13-15-5-2-1-3-6-15/h1-3,5-6,12,14H,4,7-11,13H2. The number of hydrogen-bond donors (Lipinski definition) is 0. The molecule has 1 saturated heterocycles.